The minimum atomic E-state index is -1.37. The van der Waals surface area contributed by atoms with Gasteiger partial charge in [-0.15, -0.1) is 0 Å². The number of alkyl carbamates (subject to hydrolysis) is 1. The van der Waals surface area contributed by atoms with Crippen molar-refractivity contribution in [2.24, 2.45) is 5.92 Å². The lowest BCUT2D eigenvalue weighted by Crippen LogP contribution is -2.41. The summed E-state index contributed by atoms with van der Waals surface area (Å²) in [6, 6.07) is 6.35. The van der Waals surface area contributed by atoms with Crippen LogP contribution >= 0.6 is 11.6 Å². The van der Waals surface area contributed by atoms with Crippen molar-refractivity contribution in [3.8, 4) is 5.75 Å². The van der Waals surface area contributed by atoms with Gasteiger partial charge < -0.3 is 24.6 Å². The van der Waals surface area contributed by atoms with E-state index in [4.69, 9.17) is 25.8 Å². The number of amides is 1. The molecule has 1 aromatic carbocycles. The molecule has 9 heteroatoms. The maximum atomic E-state index is 11.7. The van der Waals surface area contributed by atoms with Gasteiger partial charge in [0, 0.05) is 6.92 Å². The SMILES string of the molecule is CC(C)C(=O)O[C@H](C)OC(=O)NC[C@H](Oc1ccccc1Cl)C(=O)O. The first-order valence-corrected chi connectivity index (χ1v) is 7.87. The summed E-state index contributed by atoms with van der Waals surface area (Å²) in [4.78, 5) is 34.3. The molecule has 0 radical (unpaired) electrons. The molecular weight excluding hydrogens is 354 g/mol. The number of carbonyl (C=O) groups is 3. The molecule has 25 heavy (non-hydrogen) atoms. The lowest BCUT2D eigenvalue weighted by atomic mass is 10.2. The predicted molar refractivity (Wildman–Crippen MR) is 88.4 cm³/mol. The Morgan fingerprint density at radius 2 is 1.80 bits per heavy atom. The Morgan fingerprint density at radius 1 is 1.16 bits per heavy atom. The quantitative estimate of drug-likeness (QED) is 0.531. The molecule has 0 spiro atoms. The molecule has 8 nitrogen and oxygen atoms in total. The normalized spacial score (nSPS) is 12.8. The van der Waals surface area contributed by atoms with E-state index in [0.717, 1.165) is 0 Å². The minimum absolute atomic E-state index is 0.172. The molecule has 0 aliphatic carbocycles. The van der Waals surface area contributed by atoms with Crippen LogP contribution in [-0.2, 0) is 19.1 Å². The number of hydrogen-bond donors (Lipinski definition) is 2. The van der Waals surface area contributed by atoms with Crippen LogP contribution in [0.1, 0.15) is 20.8 Å². The first-order chi connectivity index (χ1) is 11.7. The highest BCUT2D eigenvalue weighted by Crippen LogP contribution is 2.24. The molecule has 0 aromatic heterocycles. The number of carbonyl (C=O) groups excluding carboxylic acids is 2. The zero-order chi connectivity index (χ0) is 19.0. The lowest BCUT2D eigenvalue weighted by Gasteiger charge is -2.18. The van der Waals surface area contributed by atoms with Crippen LogP contribution in [0.4, 0.5) is 4.79 Å². The van der Waals surface area contributed by atoms with Crippen molar-refractivity contribution < 1.29 is 33.7 Å². The number of halogens is 1. The zero-order valence-electron chi connectivity index (χ0n) is 14.0. The fourth-order valence-electron chi connectivity index (χ4n) is 1.57. The van der Waals surface area contributed by atoms with Gasteiger partial charge in [-0.25, -0.2) is 9.59 Å². The van der Waals surface area contributed by atoms with E-state index >= 15 is 0 Å². The topological polar surface area (TPSA) is 111 Å². The molecule has 1 aromatic rings. The molecule has 0 aliphatic heterocycles. The number of nitrogens with one attached hydrogen (secondary N) is 1. The van der Waals surface area contributed by atoms with E-state index in [2.05, 4.69) is 5.32 Å². The Morgan fingerprint density at radius 3 is 2.36 bits per heavy atom. The Balaban J connectivity index is 2.52. The molecule has 0 saturated carbocycles. The minimum Gasteiger partial charge on any atom is -0.478 e. The Kier molecular flexibility index (Phi) is 8.00. The molecule has 0 unspecified atom stereocenters. The van der Waals surface area contributed by atoms with Gasteiger partial charge >= 0.3 is 18.0 Å². The van der Waals surface area contributed by atoms with Gasteiger partial charge in [0.1, 0.15) is 5.75 Å². The smallest absolute Gasteiger partial charge is 0.410 e. The van der Waals surface area contributed by atoms with Crippen molar-refractivity contribution in [1.82, 2.24) is 5.32 Å². The third-order valence-corrected chi connectivity index (χ3v) is 3.15. The van der Waals surface area contributed by atoms with E-state index in [1.54, 1.807) is 32.0 Å². The van der Waals surface area contributed by atoms with Crippen molar-refractivity contribution in [3.05, 3.63) is 29.3 Å². The summed E-state index contributed by atoms with van der Waals surface area (Å²) >= 11 is 5.90. The van der Waals surface area contributed by atoms with Crippen LogP contribution in [0.2, 0.25) is 5.02 Å². The summed E-state index contributed by atoms with van der Waals surface area (Å²) in [5.41, 5.74) is 0. The van der Waals surface area contributed by atoms with Gasteiger partial charge in [-0.2, -0.15) is 0 Å². The van der Waals surface area contributed by atoms with Crippen LogP contribution < -0.4 is 10.1 Å². The monoisotopic (exact) mass is 373 g/mol. The van der Waals surface area contributed by atoms with Crippen LogP contribution in [0, 0.1) is 5.92 Å². The summed E-state index contributed by atoms with van der Waals surface area (Å²) in [5, 5.41) is 11.6. The second-order valence-corrected chi connectivity index (χ2v) is 5.73. The number of carboxylic acids is 1. The van der Waals surface area contributed by atoms with E-state index in [-0.39, 0.29) is 23.2 Å². The van der Waals surface area contributed by atoms with Crippen molar-refractivity contribution in [1.29, 1.82) is 0 Å². The number of carboxylic acid groups (broad SMARTS) is 1. The summed E-state index contributed by atoms with van der Waals surface area (Å²) in [7, 11) is 0. The van der Waals surface area contributed by atoms with Crippen LogP contribution in [0.3, 0.4) is 0 Å². The Hall–Kier alpha value is -2.48. The Bertz CT molecular complexity index is 620. The number of ether oxygens (including phenoxy) is 3. The Labute approximate surface area is 150 Å². The molecule has 1 rings (SSSR count). The summed E-state index contributed by atoms with van der Waals surface area (Å²) < 4.78 is 14.9. The van der Waals surface area contributed by atoms with Crippen LogP contribution in [0.25, 0.3) is 0 Å². The van der Waals surface area contributed by atoms with Crippen LogP contribution in [0.15, 0.2) is 24.3 Å². The van der Waals surface area contributed by atoms with Gasteiger partial charge in [0.15, 0.2) is 0 Å². The standard InChI is InChI=1S/C16H20ClNO7/c1-9(2)15(21)23-10(3)24-16(22)18-8-13(14(19)20)25-12-7-5-4-6-11(12)17/h4-7,9-10,13H,8H2,1-3H3,(H,18,22)(H,19,20)/t10-,13-/m0/s1. The molecule has 0 fully saturated rings. The number of hydrogen-bond acceptors (Lipinski definition) is 6. The largest absolute Gasteiger partial charge is 0.478 e. The first-order valence-electron chi connectivity index (χ1n) is 7.49. The zero-order valence-corrected chi connectivity index (χ0v) is 14.8. The van der Waals surface area contributed by atoms with Gasteiger partial charge in [0.2, 0.25) is 12.4 Å². The molecule has 0 saturated heterocycles. The number of aliphatic carboxylic acids is 1. The van der Waals surface area contributed by atoms with Gasteiger partial charge in [-0.05, 0) is 12.1 Å². The molecular formula is C16H20ClNO7. The molecule has 2 atom stereocenters. The average molecular weight is 374 g/mol. The van der Waals surface area contributed by atoms with E-state index in [1.807, 2.05) is 0 Å². The highest BCUT2D eigenvalue weighted by atomic mass is 35.5. The number of para-hydroxylation sites is 1. The van der Waals surface area contributed by atoms with Gasteiger partial charge in [-0.1, -0.05) is 37.6 Å². The summed E-state index contributed by atoms with van der Waals surface area (Å²) in [6.07, 6.45) is -3.43. The first kappa shape index (κ1) is 20.6. The van der Waals surface area contributed by atoms with Crippen molar-refractivity contribution in [2.75, 3.05) is 6.54 Å². The number of benzene rings is 1. The second-order valence-electron chi connectivity index (χ2n) is 5.32. The fourth-order valence-corrected chi connectivity index (χ4v) is 1.75. The van der Waals surface area contributed by atoms with Gasteiger partial charge in [-0.3, -0.25) is 4.79 Å². The van der Waals surface area contributed by atoms with E-state index in [0.29, 0.717) is 0 Å². The van der Waals surface area contributed by atoms with Crippen molar-refractivity contribution >= 4 is 29.6 Å². The maximum absolute atomic E-state index is 11.7. The highest BCUT2D eigenvalue weighted by molar-refractivity contribution is 6.32. The van der Waals surface area contributed by atoms with Crippen LogP contribution in [-0.4, -0.2) is 42.1 Å². The number of rotatable bonds is 8. The lowest BCUT2D eigenvalue weighted by molar-refractivity contribution is -0.168. The van der Waals surface area contributed by atoms with E-state index in [9.17, 15) is 19.5 Å². The van der Waals surface area contributed by atoms with Gasteiger partial charge in [0.25, 0.3) is 0 Å². The summed E-state index contributed by atoms with van der Waals surface area (Å²) in [6.45, 7) is 4.27. The van der Waals surface area contributed by atoms with Crippen LogP contribution in [0.5, 0.6) is 5.75 Å². The molecule has 0 bridgehead atoms. The molecule has 2 N–H and O–H groups in total. The summed E-state index contributed by atoms with van der Waals surface area (Å²) in [5.74, 6) is -2.01. The molecule has 0 heterocycles. The predicted octanol–water partition coefficient (Wildman–Crippen LogP) is 2.44. The molecule has 138 valence electrons. The van der Waals surface area contributed by atoms with E-state index < -0.39 is 30.4 Å². The third-order valence-electron chi connectivity index (χ3n) is 2.84. The molecule has 0 aliphatic rings. The van der Waals surface area contributed by atoms with Crippen molar-refractivity contribution in [3.63, 3.8) is 0 Å². The van der Waals surface area contributed by atoms with Crippen molar-refractivity contribution in [2.45, 2.75) is 33.2 Å². The highest BCUT2D eigenvalue weighted by Gasteiger charge is 2.23. The van der Waals surface area contributed by atoms with E-state index in [1.165, 1.54) is 13.0 Å². The van der Waals surface area contributed by atoms with Gasteiger partial charge in [0.05, 0.1) is 17.5 Å². The average Bonchev–Trinajstić information content (AvgIpc) is 2.52. The third kappa shape index (κ3) is 7.30. The second kappa shape index (κ2) is 9.73. The molecule has 1 amide bonds. The number of esters is 1. The maximum Gasteiger partial charge on any atom is 0.410 e. The fraction of sp³-hybridized carbons (Fsp3) is 0.438.